The Labute approximate surface area is 83.2 Å². The molecule has 0 saturated carbocycles. The summed E-state index contributed by atoms with van der Waals surface area (Å²) in [6.07, 6.45) is 3.38. The summed E-state index contributed by atoms with van der Waals surface area (Å²) in [6.45, 7) is 6.67. The van der Waals surface area contributed by atoms with E-state index in [9.17, 15) is 9.59 Å². The summed E-state index contributed by atoms with van der Waals surface area (Å²) in [6, 6.07) is 0. The predicted molar refractivity (Wildman–Crippen MR) is 51.3 cm³/mol. The molecular weight excluding hydrogens is 184 g/mol. The Morgan fingerprint density at radius 1 is 1.36 bits per heavy atom. The van der Waals surface area contributed by atoms with Gasteiger partial charge in [0.2, 0.25) is 6.29 Å². The van der Waals surface area contributed by atoms with Gasteiger partial charge >= 0.3 is 11.9 Å². The van der Waals surface area contributed by atoms with E-state index < -0.39 is 18.2 Å². The van der Waals surface area contributed by atoms with Crippen molar-refractivity contribution >= 4 is 11.9 Å². The summed E-state index contributed by atoms with van der Waals surface area (Å²) < 4.78 is 9.53. The van der Waals surface area contributed by atoms with Crippen LogP contribution in [0.5, 0.6) is 0 Å². The lowest BCUT2D eigenvalue weighted by molar-refractivity contribution is -0.181. The summed E-state index contributed by atoms with van der Waals surface area (Å²) >= 11 is 0. The zero-order valence-corrected chi connectivity index (χ0v) is 8.36. The maximum Gasteiger partial charge on any atom is 0.333 e. The molecule has 0 spiro atoms. The van der Waals surface area contributed by atoms with Gasteiger partial charge in [-0.15, -0.1) is 0 Å². The van der Waals surface area contributed by atoms with Crippen LogP contribution in [0.3, 0.4) is 0 Å². The normalized spacial score (nSPS) is 12.1. The van der Waals surface area contributed by atoms with Crippen molar-refractivity contribution in [3.05, 3.63) is 24.8 Å². The standard InChI is InChI=1S/C10H14O4/c1-4-7-9(12)14-10(6-3)13-8(11)5-2/h4-5,7,10H,2,6H2,1,3H3. The Hall–Kier alpha value is -1.58. The second-order valence-electron chi connectivity index (χ2n) is 2.42. The largest absolute Gasteiger partial charge is 0.422 e. The molecule has 0 heterocycles. The number of allylic oxidation sites excluding steroid dienone is 1. The van der Waals surface area contributed by atoms with E-state index in [0.717, 1.165) is 6.08 Å². The van der Waals surface area contributed by atoms with E-state index in [1.165, 1.54) is 6.08 Å². The Bertz CT molecular complexity index is 243. The first-order chi connectivity index (χ1) is 6.63. The molecule has 4 nitrogen and oxygen atoms in total. The van der Waals surface area contributed by atoms with Crippen molar-refractivity contribution in [2.45, 2.75) is 26.6 Å². The Morgan fingerprint density at radius 3 is 2.36 bits per heavy atom. The average molecular weight is 198 g/mol. The maximum atomic E-state index is 11.0. The van der Waals surface area contributed by atoms with Gasteiger partial charge in [0.05, 0.1) is 0 Å². The highest BCUT2D eigenvalue weighted by molar-refractivity contribution is 5.83. The fraction of sp³-hybridized carbons (Fsp3) is 0.400. The minimum atomic E-state index is -0.843. The molecule has 0 saturated heterocycles. The summed E-state index contributed by atoms with van der Waals surface area (Å²) in [7, 11) is 0. The van der Waals surface area contributed by atoms with Crippen molar-refractivity contribution in [2.24, 2.45) is 0 Å². The zero-order chi connectivity index (χ0) is 11.0. The fourth-order valence-electron chi connectivity index (χ4n) is 0.673. The quantitative estimate of drug-likeness (QED) is 0.382. The third kappa shape index (κ3) is 5.13. The number of esters is 2. The van der Waals surface area contributed by atoms with Gasteiger partial charge in [-0.1, -0.05) is 19.6 Å². The molecule has 0 aliphatic carbocycles. The van der Waals surface area contributed by atoms with Crippen LogP contribution in [0.2, 0.25) is 0 Å². The van der Waals surface area contributed by atoms with E-state index in [0.29, 0.717) is 6.42 Å². The van der Waals surface area contributed by atoms with Crippen LogP contribution in [0.1, 0.15) is 20.3 Å². The van der Waals surface area contributed by atoms with Crippen LogP contribution in [0, 0.1) is 0 Å². The highest BCUT2D eigenvalue weighted by Gasteiger charge is 2.13. The molecule has 0 aromatic carbocycles. The second-order valence-corrected chi connectivity index (χ2v) is 2.42. The lowest BCUT2D eigenvalue weighted by Gasteiger charge is -2.14. The summed E-state index contributed by atoms with van der Waals surface area (Å²) in [4.78, 5) is 21.7. The lowest BCUT2D eigenvalue weighted by atomic mass is 10.4. The molecule has 0 fully saturated rings. The van der Waals surface area contributed by atoms with Gasteiger partial charge in [0.15, 0.2) is 0 Å². The SMILES string of the molecule is C=CC(=O)OC(CC)OC(=O)C=CC. The summed E-state index contributed by atoms with van der Waals surface area (Å²) in [5.74, 6) is -1.14. The first kappa shape index (κ1) is 12.4. The smallest absolute Gasteiger partial charge is 0.333 e. The first-order valence-corrected chi connectivity index (χ1v) is 4.30. The highest BCUT2D eigenvalue weighted by atomic mass is 16.7. The van der Waals surface area contributed by atoms with Gasteiger partial charge in [-0.2, -0.15) is 0 Å². The first-order valence-electron chi connectivity index (χ1n) is 4.30. The van der Waals surface area contributed by atoms with Crippen LogP contribution < -0.4 is 0 Å². The number of ether oxygens (including phenoxy) is 2. The van der Waals surface area contributed by atoms with Crippen molar-refractivity contribution in [3.63, 3.8) is 0 Å². The molecule has 4 heteroatoms. The van der Waals surface area contributed by atoms with E-state index in [4.69, 9.17) is 9.47 Å². The molecule has 0 bridgehead atoms. The highest BCUT2D eigenvalue weighted by Crippen LogP contribution is 2.02. The van der Waals surface area contributed by atoms with Gasteiger partial charge < -0.3 is 9.47 Å². The number of carbonyl (C=O) groups excluding carboxylic acids is 2. The molecule has 0 aliphatic heterocycles. The van der Waals surface area contributed by atoms with Gasteiger partial charge in [-0.05, 0) is 6.92 Å². The molecule has 1 unspecified atom stereocenters. The van der Waals surface area contributed by atoms with Crippen molar-refractivity contribution in [1.29, 1.82) is 0 Å². The zero-order valence-electron chi connectivity index (χ0n) is 8.36. The van der Waals surface area contributed by atoms with Crippen molar-refractivity contribution < 1.29 is 19.1 Å². The molecule has 0 amide bonds. The van der Waals surface area contributed by atoms with Gasteiger partial charge in [0.1, 0.15) is 0 Å². The lowest BCUT2D eigenvalue weighted by Crippen LogP contribution is -2.22. The van der Waals surface area contributed by atoms with E-state index >= 15 is 0 Å². The summed E-state index contributed by atoms with van der Waals surface area (Å²) in [5.41, 5.74) is 0. The Balaban J connectivity index is 4.08. The molecule has 0 aromatic heterocycles. The van der Waals surface area contributed by atoms with Crippen LogP contribution in [0.25, 0.3) is 0 Å². The molecule has 78 valence electrons. The van der Waals surface area contributed by atoms with Gasteiger partial charge in [-0.3, -0.25) is 0 Å². The van der Waals surface area contributed by atoms with Crippen LogP contribution >= 0.6 is 0 Å². The molecular formula is C10H14O4. The van der Waals surface area contributed by atoms with E-state index in [2.05, 4.69) is 6.58 Å². The molecule has 0 rings (SSSR count). The molecule has 14 heavy (non-hydrogen) atoms. The van der Waals surface area contributed by atoms with Crippen LogP contribution in [-0.2, 0) is 19.1 Å². The van der Waals surface area contributed by atoms with E-state index in [1.807, 2.05) is 0 Å². The number of rotatable bonds is 5. The predicted octanol–water partition coefficient (Wildman–Crippen LogP) is 1.57. The summed E-state index contributed by atoms with van der Waals surface area (Å²) in [5, 5.41) is 0. The van der Waals surface area contributed by atoms with Crippen molar-refractivity contribution in [1.82, 2.24) is 0 Å². The molecule has 1 atom stereocenters. The van der Waals surface area contributed by atoms with Crippen molar-refractivity contribution in [3.8, 4) is 0 Å². The van der Waals surface area contributed by atoms with Gasteiger partial charge in [0.25, 0.3) is 0 Å². The monoisotopic (exact) mass is 198 g/mol. The molecule has 0 aromatic rings. The van der Waals surface area contributed by atoms with Crippen LogP contribution in [0.15, 0.2) is 24.8 Å². The topological polar surface area (TPSA) is 52.6 Å². The maximum absolute atomic E-state index is 11.0. The molecule has 0 aliphatic rings. The minimum absolute atomic E-state index is 0.406. The Morgan fingerprint density at radius 2 is 1.93 bits per heavy atom. The number of carbonyl (C=O) groups is 2. The second kappa shape index (κ2) is 6.88. The van der Waals surface area contributed by atoms with Crippen LogP contribution in [0.4, 0.5) is 0 Å². The molecule has 0 radical (unpaired) electrons. The van der Waals surface area contributed by atoms with Crippen LogP contribution in [-0.4, -0.2) is 18.2 Å². The minimum Gasteiger partial charge on any atom is -0.422 e. The fourth-order valence-corrected chi connectivity index (χ4v) is 0.673. The third-order valence-corrected chi connectivity index (χ3v) is 1.30. The molecule has 0 N–H and O–H groups in total. The van der Waals surface area contributed by atoms with Gasteiger partial charge in [0, 0.05) is 18.6 Å². The van der Waals surface area contributed by atoms with E-state index in [-0.39, 0.29) is 0 Å². The van der Waals surface area contributed by atoms with Crippen molar-refractivity contribution in [2.75, 3.05) is 0 Å². The number of hydrogen-bond acceptors (Lipinski definition) is 4. The average Bonchev–Trinajstić information content (AvgIpc) is 2.16. The van der Waals surface area contributed by atoms with Gasteiger partial charge in [-0.25, -0.2) is 9.59 Å². The Kier molecular flexibility index (Phi) is 6.11. The van der Waals surface area contributed by atoms with E-state index in [1.54, 1.807) is 19.9 Å². The number of hydrogen-bond donors (Lipinski definition) is 0. The third-order valence-electron chi connectivity index (χ3n) is 1.30.